The molecule has 312 valence electrons. The lowest BCUT2D eigenvalue weighted by molar-refractivity contribution is 0.0668. The van der Waals surface area contributed by atoms with Crippen molar-refractivity contribution in [2.75, 3.05) is 32.8 Å². The topological polar surface area (TPSA) is 114 Å². The number of unbranched alkanes of at least 4 members (excludes halogenated alkanes) is 1. The number of benzene rings is 4. The molecule has 0 aliphatic heterocycles. The van der Waals surface area contributed by atoms with Crippen LogP contribution in [-0.2, 0) is 4.74 Å². The van der Waals surface area contributed by atoms with Crippen molar-refractivity contribution in [3.63, 3.8) is 0 Å². The predicted octanol–water partition coefficient (Wildman–Crippen LogP) is 10.8. The van der Waals surface area contributed by atoms with Gasteiger partial charge in [0.05, 0.1) is 17.7 Å². The highest BCUT2D eigenvalue weighted by Crippen LogP contribution is 2.32. The average molecular weight is 829 g/mol. The third-order valence-electron chi connectivity index (χ3n) is 9.24. The maximum Gasteiger partial charge on any atom is 0.514 e. The molecule has 0 heterocycles. The van der Waals surface area contributed by atoms with E-state index in [2.05, 4.69) is 37.6 Å². The van der Waals surface area contributed by atoms with Gasteiger partial charge in [-0.15, -0.1) is 0 Å². The first-order valence-electron chi connectivity index (χ1n) is 19.8. The number of Topliss-reactive ketones (excluding diaryl/α,β-unsaturated/α-hetero) is 2. The Morgan fingerprint density at radius 3 is 1.62 bits per heavy atom. The van der Waals surface area contributed by atoms with Crippen LogP contribution in [0, 0.1) is 0 Å². The lowest BCUT2D eigenvalue weighted by atomic mass is 9.91. The Hall–Kier alpha value is -4.39. The highest BCUT2D eigenvalue weighted by molar-refractivity contribution is 7.99. The van der Waals surface area contributed by atoms with Crippen molar-refractivity contribution >= 4 is 41.2 Å². The lowest BCUT2D eigenvalue weighted by Gasteiger charge is -2.35. The second-order valence-electron chi connectivity index (χ2n) is 14.6. The van der Waals surface area contributed by atoms with Crippen molar-refractivity contribution < 1.29 is 33.7 Å². The molecule has 9 nitrogen and oxygen atoms in total. The standard InChI is InChI=1S/C24H29NO4S.C23H31NO3S/c1-6-17-28-23(27)29-19-11-15-21(16-12-19)30-20-13-9-18(10-14-20)22(26)24(4,5)25(7-2)8-3;1-5-6-15-24-23(3,4)22(26)18-7-11-20(12-8-18)28-21-13-9-19(10-14-21)27-17(2)16-25/h6,9-16H,1,7-8,17H2,2-5H3;7-14,17,24-25H,5-6,15-16H2,1-4H3. The molecule has 11 heteroatoms. The SMILES string of the molecule is C=CCOC(=O)Oc1ccc(Sc2ccc(C(=O)C(C)(C)N(CC)CC)cc2)cc1.CCCCNC(C)(C)C(=O)c1ccc(Sc2ccc(OC(C)CO)cc2)cc1. The molecule has 0 aromatic heterocycles. The van der Waals surface area contributed by atoms with Crippen LogP contribution in [0.1, 0.15) is 88.9 Å². The van der Waals surface area contributed by atoms with E-state index in [1.165, 1.54) is 6.08 Å². The summed E-state index contributed by atoms with van der Waals surface area (Å²) >= 11 is 3.20. The number of rotatable bonds is 21. The minimum atomic E-state index is -0.761. The van der Waals surface area contributed by atoms with Crippen LogP contribution in [-0.4, -0.2) is 77.8 Å². The van der Waals surface area contributed by atoms with Crippen LogP contribution in [0.25, 0.3) is 0 Å². The highest BCUT2D eigenvalue weighted by atomic mass is 32.2. The highest BCUT2D eigenvalue weighted by Gasteiger charge is 2.33. The number of nitrogens with zero attached hydrogens (tertiary/aromatic N) is 1. The van der Waals surface area contributed by atoms with Crippen molar-refractivity contribution in [1.82, 2.24) is 10.2 Å². The first-order chi connectivity index (χ1) is 27.7. The van der Waals surface area contributed by atoms with Gasteiger partial charge in [0, 0.05) is 30.7 Å². The molecule has 58 heavy (non-hydrogen) atoms. The zero-order valence-electron chi connectivity index (χ0n) is 35.2. The third kappa shape index (κ3) is 15.1. The normalized spacial score (nSPS) is 11.9. The number of ketones is 2. The summed E-state index contributed by atoms with van der Waals surface area (Å²) in [5.74, 6) is 1.38. The molecule has 4 aromatic carbocycles. The van der Waals surface area contributed by atoms with E-state index in [9.17, 15) is 14.4 Å². The van der Waals surface area contributed by atoms with Crippen LogP contribution in [0.4, 0.5) is 4.79 Å². The Labute approximate surface area is 353 Å². The summed E-state index contributed by atoms with van der Waals surface area (Å²) in [7, 11) is 0. The van der Waals surface area contributed by atoms with Gasteiger partial charge in [0.2, 0.25) is 0 Å². The average Bonchev–Trinajstić information content (AvgIpc) is 3.22. The smallest absolute Gasteiger partial charge is 0.488 e. The molecular formula is C47H60N2O7S2. The number of ether oxygens (including phenoxy) is 3. The summed E-state index contributed by atoms with van der Waals surface area (Å²) < 4.78 is 15.4. The van der Waals surface area contributed by atoms with Gasteiger partial charge in [-0.05, 0) is 133 Å². The summed E-state index contributed by atoms with van der Waals surface area (Å²) in [5.41, 5.74) is 0.324. The van der Waals surface area contributed by atoms with Crippen molar-refractivity contribution in [3.05, 3.63) is 121 Å². The van der Waals surface area contributed by atoms with Gasteiger partial charge in [-0.1, -0.05) is 87.6 Å². The molecule has 0 fully saturated rings. The summed E-state index contributed by atoms with van der Waals surface area (Å²) in [6, 6.07) is 30.4. The Morgan fingerprint density at radius 1 is 0.741 bits per heavy atom. The number of aliphatic hydroxyl groups excluding tert-OH is 1. The number of hydrogen-bond donors (Lipinski definition) is 2. The van der Waals surface area contributed by atoms with Gasteiger partial charge in [0.1, 0.15) is 24.2 Å². The fourth-order valence-corrected chi connectivity index (χ4v) is 7.47. The fraction of sp³-hybridized carbons (Fsp3) is 0.383. The van der Waals surface area contributed by atoms with Crippen molar-refractivity contribution in [1.29, 1.82) is 0 Å². The fourth-order valence-electron chi connectivity index (χ4n) is 5.83. The quantitative estimate of drug-likeness (QED) is 0.0275. The van der Waals surface area contributed by atoms with Gasteiger partial charge < -0.3 is 24.6 Å². The van der Waals surface area contributed by atoms with E-state index in [0.717, 1.165) is 63.4 Å². The minimum absolute atomic E-state index is 0.00744. The molecule has 0 spiro atoms. The van der Waals surface area contributed by atoms with E-state index in [4.69, 9.17) is 19.3 Å². The van der Waals surface area contributed by atoms with Crippen LogP contribution < -0.4 is 14.8 Å². The van der Waals surface area contributed by atoms with E-state index < -0.39 is 17.2 Å². The molecule has 0 amide bonds. The molecule has 0 saturated carbocycles. The summed E-state index contributed by atoms with van der Waals surface area (Å²) in [5, 5.41) is 12.4. The number of aliphatic hydroxyl groups is 1. The molecule has 2 N–H and O–H groups in total. The van der Waals surface area contributed by atoms with E-state index >= 15 is 0 Å². The van der Waals surface area contributed by atoms with Crippen molar-refractivity contribution in [2.45, 2.75) is 105 Å². The van der Waals surface area contributed by atoms with Crippen LogP contribution in [0.3, 0.4) is 0 Å². The van der Waals surface area contributed by atoms with Crippen molar-refractivity contribution in [3.8, 4) is 11.5 Å². The van der Waals surface area contributed by atoms with Gasteiger partial charge in [0.15, 0.2) is 11.6 Å². The largest absolute Gasteiger partial charge is 0.514 e. The molecule has 0 radical (unpaired) electrons. The van der Waals surface area contributed by atoms with Crippen LogP contribution >= 0.6 is 23.5 Å². The van der Waals surface area contributed by atoms with Crippen molar-refractivity contribution in [2.24, 2.45) is 0 Å². The summed E-state index contributed by atoms with van der Waals surface area (Å²) in [4.78, 5) is 43.6. The van der Waals surface area contributed by atoms with E-state index in [1.54, 1.807) is 35.7 Å². The Balaban J connectivity index is 0.000000311. The number of carbonyl (C=O) groups excluding carboxylic acids is 3. The molecule has 0 aliphatic rings. The van der Waals surface area contributed by atoms with Gasteiger partial charge in [-0.2, -0.15) is 0 Å². The maximum absolute atomic E-state index is 13.0. The van der Waals surface area contributed by atoms with Gasteiger partial charge in [0.25, 0.3) is 0 Å². The Bertz CT molecular complexity index is 1870. The van der Waals surface area contributed by atoms with Gasteiger partial charge in [-0.25, -0.2) is 4.79 Å². The van der Waals surface area contributed by atoms with E-state index in [1.807, 2.05) is 120 Å². The molecule has 4 aromatic rings. The lowest BCUT2D eigenvalue weighted by Crippen LogP contribution is -2.49. The second kappa shape index (κ2) is 23.9. The molecule has 0 saturated heterocycles. The predicted molar refractivity (Wildman–Crippen MR) is 236 cm³/mol. The Kier molecular flexibility index (Phi) is 19.8. The number of carbonyl (C=O) groups is 3. The molecule has 4 rings (SSSR count). The maximum atomic E-state index is 13.0. The minimum Gasteiger partial charge on any atom is -0.488 e. The van der Waals surface area contributed by atoms with Crippen LogP contribution in [0.15, 0.2) is 129 Å². The first kappa shape index (κ1) is 48.0. The molecule has 1 atom stereocenters. The molecule has 0 aliphatic carbocycles. The van der Waals surface area contributed by atoms with E-state index in [-0.39, 0.29) is 30.9 Å². The number of nitrogens with one attached hydrogen (secondary N) is 1. The molecule has 0 bridgehead atoms. The zero-order valence-corrected chi connectivity index (χ0v) is 36.8. The monoisotopic (exact) mass is 828 g/mol. The van der Waals surface area contributed by atoms with Crippen LogP contribution in [0.2, 0.25) is 0 Å². The molecular weight excluding hydrogens is 769 g/mol. The third-order valence-corrected chi connectivity index (χ3v) is 11.3. The summed E-state index contributed by atoms with van der Waals surface area (Å²) in [6.07, 6.45) is 2.67. The number of likely N-dealkylation sites (N-methyl/N-ethyl adjacent to an activating group) is 1. The number of hydrogen-bond acceptors (Lipinski definition) is 11. The van der Waals surface area contributed by atoms with Gasteiger partial charge in [-0.3, -0.25) is 14.5 Å². The summed E-state index contributed by atoms with van der Waals surface area (Å²) in [6.45, 7) is 22.0. The van der Waals surface area contributed by atoms with Gasteiger partial charge >= 0.3 is 6.16 Å². The van der Waals surface area contributed by atoms with E-state index in [0.29, 0.717) is 11.3 Å². The molecule has 1 unspecified atom stereocenters. The first-order valence-corrected chi connectivity index (χ1v) is 21.4. The Morgan fingerprint density at radius 2 is 1.19 bits per heavy atom. The zero-order chi connectivity index (χ0) is 42.7. The second-order valence-corrected chi connectivity index (χ2v) is 16.8. The van der Waals surface area contributed by atoms with Crippen LogP contribution in [0.5, 0.6) is 11.5 Å².